The van der Waals surface area contributed by atoms with Gasteiger partial charge in [0, 0.05) is 12.8 Å². The summed E-state index contributed by atoms with van der Waals surface area (Å²) < 4.78 is 5.49. The summed E-state index contributed by atoms with van der Waals surface area (Å²) in [7, 11) is 0. The van der Waals surface area contributed by atoms with Crippen molar-refractivity contribution in [2.45, 2.75) is 443 Å². The number of nitrogens with one attached hydrogen (secondary N) is 1. The van der Waals surface area contributed by atoms with E-state index < -0.39 is 12.1 Å². The van der Waals surface area contributed by atoms with Crippen LogP contribution in [0.1, 0.15) is 431 Å². The van der Waals surface area contributed by atoms with Gasteiger partial charge in [0.05, 0.1) is 25.4 Å². The summed E-state index contributed by atoms with van der Waals surface area (Å²) in [5.74, 6) is -0.00530. The Morgan fingerprint density at radius 1 is 0.304 bits per heavy atom. The Morgan fingerprint density at radius 2 is 0.519 bits per heavy atom. The number of ether oxygens (including phenoxy) is 1. The topological polar surface area (TPSA) is 95.9 Å². The Balaban J connectivity index is 3.34. The maximum atomic E-state index is 12.6. The second-order valence-electron chi connectivity index (χ2n) is 25.6. The fourth-order valence-electron chi connectivity index (χ4n) is 12.1. The van der Waals surface area contributed by atoms with Crippen LogP contribution in [0.3, 0.4) is 0 Å². The van der Waals surface area contributed by atoms with Gasteiger partial charge < -0.3 is 20.3 Å². The van der Waals surface area contributed by atoms with Gasteiger partial charge in [-0.3, -0.25) is 9.59 Å². The fourth-order valence-corrected chi connectivity index (χ4v) is 12.1. The number of hydrogen-bond donors (Lipinski definition) is 3. The molecule has 0 bridgehead atoms. The molecule has 2 atom stereocenters. The minimum absolute atomic E-state index is 0.0211. The molecule has 6 heteroatoms. The minimum atomic E-state index is -0.662. The van der Waals surface area contributed by atoms with E-state index in [9.17, 15) is 19.8 Å². The third-order valence-electron chi connectivity index (χ3n) is 17.7. The highest BCUT2D eigenvalue weighted by Crippen LogP contribution is 2.20. The van der Waals surface area contributed by atoms with Crippen LogP contribution < -0.4 is 5.32 Å². The van der Waals surface area contributed by atoms with Gasteiger partial charge in [-0.05, 0) is 25.7 Å². The molecular formula is C73H145NO5. The molecule has 0 aromatic carbocycles. The van der Waals surface area contributed by atoms with Gasteiger partial charge in [-0.15, -0.1) is 0 Å². The van der Waals surface area contributed by atoms with Crippen molar-refractivity contribution in [1.82, 2.24) is 5.32 Å². The Morgan fingerprint density at radius 3 is 0.772 bits per heavy atom. The van der Waals surface area contributed by atoms with Crippen LogP contribution in [0, 0.1) is 0 Å². The molecule has 0 aromatic rings. The zero-order valence-corrected chi connectivity index (χ0v) is 54.2. The molecule has 0 saturated heterocycles. The molecule has 472 valence electrons. The monoisotopic (exact) mass is 1120 g/mol. The van der Waals surface area contributed by atoms with Gasteiger partial charge in [0.2, 0.25) is 5.91 Å². The number of carbonyl (C=O) groups is 2. The van der Waals surface area contributed by atoms with Crippen molar-refractivity contribution in [3.63, 3.8) is 0 Å². The number of esters is 1. The molecule has 0 spiro atoms. The van der Waals surface area contributed by atoms with Crippen LogP contribution in [0.4, 0.5) is 0 Å². The molecule has 0 saturated carbocycles. The highest BCUT2D eigenvalue weighted by atomic mass is 16.5. The number of unbranched alkanes of at least 4 members (excludes halogenated alkanes) is 59. The number of hydrogen-bond acceptors (Lipinski definition) is 5. The fraction of sp³-hybridized carbons (Fsp3) is 0.973. The molecule has 2 unspecified atom stereocenters. The van der Waals surface area contributed by atoms with Gasteiger partial charge in [-0.1, -0.05) is 393 Å². The van der Waals surface area contributed by atoms with Crippen molar-refractivity contribution in [1.29, 1.82) is 0 Å². The van der Waals surface area contributed by atoms with Crippen molar-refractivity contribution in [2.75, 3.05) is 13.2 Å². The number of aliphatic hydroxyl groups excluding tert-OH is 2. The smallest absolute Gasteiger partial charge is 0.305 e. The van der Waals surface area contributed by atoms with Crippen molar-refractivity contribution in [3.05, 3.63) is 0 Å². The molecule has 0 aliphatic heterocycles. The zero-order chi connectivity index (χ0) is 57.1. The lowest BCUT2D eigenvalue weighted by atomic mass is 10.0. The van der Waals surface area contributed by atoms with E-state index >= 15 is 0 Å². The third-order valence-corrected chi connectivity index (χ3v) is 17.7. The minimum Gasteiger partial charge on any atom is -0.466 e. The average Bonchev–Trinajstić information content (AvgIpc) is 3.45. The number of aliphatic hydroxyl groups is 2. The van der Waals surface area contributed by atoms with E-state index in [2.05, 4.69) is 19.2 Å². The average molecular weight is 1120 g/mol. The van der Waals surface area contributed by atoms with Crippen LogP contribution in [0.25, 0.3) is 0 Å². The Hall–Kier alpha value is -1.14. The Kier molecular flexibility index (Phi) is 68.4. The van der Waals surface area contributed by atoms with Crippen LogP contribution in [0.5, 0.6) is 0 Å². The van der Waals surface area contributed by atoms with E-state index in [-0.39, 0.29) is 18.5 Å². The summed E-state index contributed by atoms with van der Waals surface area (Å²) in [5, 5.41) is 23.4. The first kappa shape index (κ1) is 77.9. The Bertz CT molecular complexity index is 1150. The zero-order valence-electron chi connectivity index (χ0n) is 54.2. The van der Waals surface area contributed by atoms with Crippen LogP contribution in [0.2, 0.25) is 0 Å². The quantitative estimate of drug-likeness (QED) is 0.0417. The molecule has 6 nitrogen and oxygen atoms in total. The molecular weight excluding hydrogens is 971 g/mol. The largest absolute Gasteiger partial charge is 0.466 e. The van der Waals surface area contributed by atoms with Crippen molar-refractivity contribution in [3.8, 4) is 0 Å². The molecule has 0 heterocycles. The van der Waals surface area contributed by atoms with E-state index in [0.717, 1.165) is 38.5 Å². The molecule has 0 aliphatic rings. The van der Waals surface area contributed by atoms with E-state index in [0.29, 0.717) is 25.9 Å². The van der Waals surface area contributed by atoms with Crippen LogP contribution in [-0.2, 0) is 14.3 Å². The first-order valence-corrected chi connectivity index (χ1v) is 36.8. The number of amides is 1. The van der Waals surface area contributed by atoms with Gasteiger partial charge in [-0.25, -0.2) is 0 Å². The molecule has 1 amide bonds. The van der Waals surface area contributed by atoms with Gasteiger partial charge >= 0.3 is 5.97 Å². The number of rotatable bonds is 70. The summed E-state index contributed by atoms with van der Waals surface area (Å²) in [6.45, 7) is 5.01. The second kappa shape index (κ2) is 69.4. The first-order valence-electron chi connectivity index (χ1n) is 36.8. The number of carbonyl (C=O) groups excluding carboxylic acids is 2. The highest BCUT2D eigenvalue weighted by Gasteiger charge is 2.20. The third kappa shape index (κ3) is 65.9. The van der Waals surface area contributed by atoms with Crippen molar-refractivity contribution < 1.29 is 24.5 Å². The highest BCUT2D eigenvalue weighted by molar-refractivity contribution is 5.76. The van der Waals surface area contributed by atoms with Gasteiger partial charge in [0.1, 0.15) is 0 Å². The Labute approximate surface area is 496 Å². The van der Waals surface area contributed by atoms with Crippen LogP contribution in [0.15, 0.2) is 0 Å². The summed E-state index contributed by atoms with van der Waals surface area (Å²) >= 11 is 0. The van der Waals surface area contributed by atoms with E-state index in [1.165, 1.54) is 360 Å². The van der Waals surface area contributed by atoms with Crippen LogP contribution >= 0.6 is 0 Å². The first-order chi connectivity index (χ1) is 39.0. The molecule has 0 aliphatic carbocycles. The van der Waals surface area contributed by atoms with Crippen molar-refractivity contribution in [2.24, 2.45) is 0 Å². The predicted octanol–water partition coefficient (Wildman–Crippen LogP) is 23.8. The summed E-state index contributed by atoms with van der Waals surface area (Å²) in [6, 6.07) is -0.539. The lowest BCUT2D eigenvalue weighted by Gasteiger charge is -2.22. The van der Waals surface area contributed by atoms with Gasteiger partial charge in [0.25, 0.3) is 0 Å². The molecule has 3 N–H and O–H groups in total. The van der Waals surface area contributed by atoms with Gasteiger partial charge in [0.15, 0.2) is 0 Å². The predicted molar refractivity (Wildman–Crippen MR) is 347 cm³/mol. The lowest BCUT2D eigenvalue weighted by molar-refractivity contribution is -0.143. The van der Waals surface area contributed by atoms with Crippen LogP contribution in [-0.4, -0.2) is 47.4 Å². The molecule has 0 radical (unpaired) electrons. The summed E-state index contributed by atoms with van der Waals surface area (Å²) in [6.07, 6.45) is 84.5. The standard InChI is InChI=1S/C73H145NO5/c1-3-5-7-9-11-13-15-17-18-19-20-21-29-32-35-38-42-45-49-53-57-61-65-71(76)70(69-75)74-72(77)66-62-58-54-50-46-43-39-36-33-30-27-25-23-22-24-26-28-31-34-37-40-44-48-52-56-60-64-68-79-73(78)67-63-59-55-51-47-41-16-14-12-10-8-6-4-2/h70-71,75-76H,3-69H2,1-2H3,(H,74,77). The maximum absolute atomic E-state index is 12.6. The molecule has 0 rings (SSSR count). The summed E-state index contributed by atoms with van der Waals surface area (Å²) in [5.41, 5.74) is 0. The maximum Gasteiger partial charge on any atom is 0.305 e. The second-order valence-corrected chi connectivity index (χ2v) is 25.6. The van der Waals surface area contributed by atoms with Gasteiger partial charge in [-0.2, -0.15) is 0 Å². The molecule has 0 fully saturated rings. The molecule has 0 aromatic heterocycles. The van der Waals surface area contributed by atoms with E-state index in [1.54, 1.807) is 0 Å². The lowest BCUT2D eigenvalue weighted by Crippen LogP contribution is -2.45. The van der Waals surface area contributed by atoms with E-state index in [4.69, 9.17) is 4.74 Å². The SMILES string of the molecule is CCCCCCCCCCCCCCCCCCCCCCCCC(O)C(CO)NC(=O)CCCCCCCCCCCCCCCCCCCCCCCCCCCCCOC(=O)CCCCCCCCCCCCCCC. The normalized spacial score (nSPS) is 12.4. The summed E-state index contributed by atoms with van der Waals surface area (Å²) in [4.78, 5) is 24.6. The molecule has 79 heavy (non-hydrogen) atoms. The van der Waals surface area contributed by atoms with Crippen molar-refractivity contribution >= 4 is 11.9 Å². The van der Waals surface area contributed by atoms with E-state index in [1.807, 2.05) is 0 Å².